The molecule has 1 saturated carbocycles. The lowest BCUT2D eigenvalue weighted by Gasteiger charge is -2.08. The van der Waals surface area contributed by atoms with E-state index in [4.69, 9.17) is 12.2 Å². The Morgan fingerprint density at radius 2 is 2.15 bits per heavy atom. The van der Waals surface area contributed by atoms with Crippen LogP contribution in [0.5, 0.6) is 0 Å². The van der Waals surface area contributed by atoms with Crippen LogP contribution in [-0.4, -0.2) is 30.2 Å². The minimum Gasteiger partial charge on any atom is -0.360 e. The summed E-state index contributed by atoms with van der Waals surface area (Å²) in [6.07, 6.45) is 2.37. The average Bonchev–Trinajstić information content (AvgIpc) is 2.85. The SMILES string of the molecule is CCNC(=O)CNC(=S)NC1CC1. The summed E-state index contributed by atoms with van der Waals surface area (Å²) < 4.78 is 0. The Hall–Kier alpha value is -0.840. The summed E-state index contributed by atoms with van der Waals surface area (Å²) in [7, 11) is 0. The van der Waals surface area contributed by atoms with E-state index in [1.54, 1.807) is 0 Å². The summed E-state index contributed by atoms with van der Waals surface area (Å²) in [6.45, 7) is 2.80. The second-order valence-electron chi connectivity index (χ2n) is 3.05. The topological polar surface area (TPSA) is 53.2 Å². The van der Waals surface area contributed by atoms with Crippen molar-refractivity contribution in [3.63, 3.8) is 0 Å². The first kappa shape index (κ1) is 10.2. The fourth-order valence-electron chi connectivity index (χ4n) is 0.884. The molecule has 0 radical (unpaired) electrons. The van der Waals surface area contributed by atoms with E-state index >= 15 is 0 Å². The first-order valence-electron chi connectivity index (χ1n) is 4.53. The molecule has 1 aliphatic rings. The number of likely N-dealkylation sites (N-methyl/N-ethyl adjacent to an activating group) is 1. The van der Waals surface area contributed by atoms with E-state index in [1.165, 1.54) is 12.8 Å². The molecule has 1 rings (SSSR count). The van der Waals surface area contributed by atoms with E-state index in [1.807, 2.05) is 6.92 Å². The predicted octanol–water partition coefficient (Wildman–Crippen LogP) is -0.251. The number of carbonyl (C=O) groups is 1. The number of rotatable bonds is 4. The van der Waals surface area contributed by atoms with Crippen LogP contribution in [0.3, 0.4) is 0 Å². The van der Waals surface area contributed by atoms with E-state index in [0.29, 0.717) is 17.7 Å². The van der Waals surface area contributed by atoms with Gasteiger partial charge in [0, 0.05) is 12.6 Å². The van der Waals surface area contributed by atoms with Crippen molar-refractivity contribution in [3.8, 4) is 0 Å². The van der Waals surface area contributed by atoms with Gasteiger partial charge >= 0.3 is 0 Å². The third kappa shape index (κ3) is 4.67. The van der Waals surface area contributed by atoms with Gasteiger partial charge in [-0.2, -0.15) is 0 Å². The maximum Gasteiger partial charge on any atom is 0.239 e. The summed E-state index contributed by atoms with van der Waals surface area (Å²) in [4.78, 5) is 11.0. The molecule has 0 heterocycles. The van der Waals surface area contributed by atoms with Gasteiger partial charge in [-0.15, -0.1) is 0 Å². The van der Waals surface area contributed by atoms with Gasteiger partial charge in [0.2, 0.25) is 5.91 Å². The van der Waals surface area contributed by atoms with E-state index in [9.17, 15) is 4.79 Å². The first-order valence-corrected chi connectivity index (χ1v) is 4.94. The predicted molar refractivity (Wildman–Crippen MR) is 55.4 cm³/mol. The average molecular weight is 201 g/mol. The monoisotopic (exact) mass is 201 g/mol. The van der Waals surface area contributed by atoms with Crippen LogP contribution in [0, 0.1) is 0 Å². The molecule has 1 fully saturated rings. The summed E-state index contributed by atoms with van der Waals surface area (Å²) in [5.41, 5.74) is 0. The highest BCUT2D eigenvalue weighted by atomic mass is 32.1. The van der Waals surface area contributed by atoms with Crippen molar-refractivity contribution >= 4 is 23.2 Å². The molecule has 1 amide bonds. The molecule has 0 aromatic heterocycles. The van der Waals surface area contributed by atoms with Crippen LogP contribution in [0.15, 0.2) is 0 Å². The van der Waals surface area contributed by atoms with E-state index in [0.717, 1.165) is 0 Å². The van der Waals surface area contributed by atoms with Crippen LogP contribution in [0.2, 0.25) is 0 Å². The lowest BCUT2D eigenvalue weighted by Crippen LogP contribution is -2.42. The Labute approximate surface area is 83.5 Å². The molecule has 0 aromatic rings. The van der Waals surface area contributed by atoms with Gasteiger partial charge in [-0.1, -0.05) is 0 Å². The van der Waals surface area contributed by atoms with Crippen LogP contribution in [0.1, 0.15) is 19.8 Å². The van der Waals surface area contributed by atoms with Crippen LogP contribution in [0.4, 0.5) is 0 Å². The largest absolute Gasteiger partial charge is 0.360 e. The van der Waals surface area contributed by atoms with Crippen molar-refractivity contribution in [2.45, 2.75) is 25.8 Å². The Kier molecular flexibility index (Phi) is 3.95. The number of hydrogen-bond donors (Lipinski definition) is 3. The normalized spacial score (nSPS) is 14.8. The van der Waals surface area contributed by atoms with Gasteiger partial charge in [0.05, 0.1) is 6.54 Å². The highest BCUT2D eigenvalue weighted by molar-refractivity contribution is 7.80. The van der Waals surface area contributed by atoms with Gasteiger partial charge < -0.3 is 16.0 Å². The number of nitrogens with one attached hydrogen (secondary N) is 3. The van der Waals surface area contributed by atoms with Crippen LogP contribution in [-0.2, 0) is 4.79 Å². The standard InChI is InChI=1S/C8H15N3OS/c1-2-9-7(12)5-10-8(13)11-6-3-4-6/h6H,2-5H2,1H3,(H,9,12)(H2,10,11,13). The minimum atomic E-state index is -0.0255. The van der Waals surface area contributed by atoms with E-state index in [-0.39, 0.29) is 12.5 Å². The Morgan fingerprint density at radius 1 is 1.46 bits per heavy atom. The molecular formula is C8H15N3OS. The highest BCUT2D eigenvalue weighted by Crippen LogP contribution is 2.18. The molecule has 5 heteroatoms. The van der Waals surface area contributed by atoms with Crippen molar-refractivity contribution in [3.05, 3.63) is 0 Å². The Morgan fingerprint density at radius 3 is 2.69 bits per heavy atom. The molecule has 0 saturated heterocycles. The minimum absolute atomic E-state index is 0.0255. The molecule has 4 nitrogen and oxygen atoms in total. The molecule has 0 unspecified atom stereocenters. The molecule has 0 bridgehead atoms. The second-order valence-corrected chi connectivity index (χ2v) is 3.46. The van der Waals surface area contributed by atoms with Crippen LogP contribution >= 0.6 is 12.2 Å². The number of amides is 1. The Balaban J connectivity index is 2.02. The van der Waals surface area contributed by atoms with Crippen molar-refractivity contribution in [2.75, 3.05) is 13.1 Å². The zero-order valence-electron chi connectivity index (χ0n) is 7.72. The molecule has 1 aliphatic carbocycles. The van der Waals surface area contributed by atoms with Gasteiger partial charge in [0.15, 0.2) is 5.11 Å². The van der Waals surface area contributed by atoms with Gasteiger partial charge in [-0.3, -0.25) is 4.79 Å². The number of hydrogen-bond acceptors (Lipinski definition) is 2. The maximum atomic E-state index is 11.0. The lowest BCUT2D eigenvalue weighted by atomic mass is 10.5. The van der Waals surface area contributed by atoms with Crippen molar-refractivity contribution < 1.29 is 4.79 Å². The Bertz CT molecular complexity index is 204. The molecule has 0 spiro atoms. The van der Waals surface area contributed by atoms with Crippen LogP contribution < -0.4 is 16.0 Å². The summed E-state index contributed by atoms with van der Waals surface area (Å²) in [6, 6.07) is 0.536. The van der Waals surface area contributed by atoms with Gasteiger partial charge in [-0.05, 0) is 32.0 Å². The molecule has 0 atom stereocenters. The summed E-state index contributed by atoms with van der Waals surface area (Å²) >= 11 is 4.97. The van der Waals surface area contributed by atoms with Crippen molar-refractivity contribution in [2.24, 2.45) is 0 Å². The van der Waals surface area contributed by atoms with Crippen LogP contribution in [0.25, 0.3) is 0 Å². The fourth-order valence-corrected chi connectivity index (χ4v) is 1.12. The summed E-state index contributed by atoms with van der Waals surface area (Å²) in [5, 5.41) is 9.20. The second kappa shape index (κ2) is 5.01. The maximum absolute atomic E-state index is 11.0. The summed E-state index contributed by atoms with van der Waals surface area (Å²) in [5.74, 6) is -0.0255. The van der Waals surface area contributed by atoms with E-state index in [2.05, 4.69) is 16.0 Å². The quantitative estimate of drug-likeness (QED) is 0.549. The molecule has 13 heavy (non-hydrogen) atoms. The van der Waals surface area contributed by atoms with Gasteiger partial charge in [0.25, 0.3) is 0 Å². The van der Waals surface area contributed by atoms with Gasteiger partial charge in [-0.25, -0.2) is 0 Å². The molecule has 3 N–H and O–H groups in total. The fraction of sp³-hybridized carbons (Fsp3) is 0.750. The highest BCUT2D eigenvalue weighted by Gasteiger charge is 2.21. The van der Waals surface area contributed by atoms with Gasteiger partial charge in [0.1, 0.15) is 0 Å². The third-order valence-electron chi connectivity index (χ3n) is 1.70. The van der Waals surface area contributed by atoms with E-state index < -0.39 is 0 Å². The van der Waals surface area contributed by atoms with Crippen molar-refractivity contribution in [1.29, 1.82) is 0 Å². The zero-order valence-corrected chi connectivity index (χ0v) is 8.54. The molecular weight excluding hydrogens is 186 g/mol. The number of thiocarbonyl (C=S) groups is 1. The zero-order chi connectivity index (χ0) is 9.68. The molecule has 0 aliphatic heterocycles. The first-order chi connectivity index (χ1) is 6.22. The lowest BCUT2D eigenvalue weighted by molar-refractivity contribution is -0.119. The molecule has 74 valence electrons. The number of carbonyl (C=O) groups excluding carboxylic acids is 1. The smallest absolute Gasteiger partial charge is 0.239 e. The molecule has 0 aromatic carbocycles. The van der Waals surface area contributed by atoms with Crippen molar-refractivity contribution in [1.82, 2.24) is 16.0 Å². The third-order valence-corrected chi connectivity index (χ3v) is 1.96.